The standard InChI is InChI=1S/C15H24N2S/c1-15(2,3)14-5-4-13(18-14)10-17-8-11-6-16-7-12(11)9-17/h4-5,11-12,16H,6-10H2,1-3H3. The number of rotatable bonds is 2. The molecule has 2 unspecified atom stereocenters. The van der Waals surface area contributed by atoms with E-state index in [4.69, 9.17) is 0 Å². The highest BCUT2D eigenvalue weighted by molar-refractivity contribution is 7.12. The Morgan fingerprint density at radius 1 is 1.22 bits per heavy atom. The quantitative estimate of drug-likeness (QED) is 0.883. The average Bonchev–Trinajstić information content (AvgIpc) is 2.90. The second kappa shape index (κ2) is 4.62. The summed E-state index contributed by atoms with van der Waals surface area (Å²) in [5.41, 5.74) is 0.300. The highest BCUT2D eigenvalue weighted by Crippen LogP contribution is 2.32. The van der Waals surface area contributed by atoms with E-state index < -0.39 is 0 Å². The first-order valence-electron chi connectivity index (χ1n) is 7.04. The number of nitrogens with zero attached hydrogens (tertiary/aromatic N) is 1. The molecule has 18 heavy (non-hydrogen) atoms. The minimum atomic E-state index is 0.300. The summed E-state index contributed by atoms with van der Waals surface area (Å²) in [6.45, 7) is 13.1. The van der Waals surface area contributed by atoms with Crippen molar-refractivity contribution in [1.82, 2.24) is 10.2 Å². The van der Waals surface area contributed by atoms with E-state index in [1.165, 1.54) is 35.9 Å². The normalized spacial score (nSPS) is 28.8. The van der Waals surface area contributed by atoms with E-state index in [1.54, 1.807) is 0 Å². The van der Waals surface area contributed by atoms with E-state index in [9.17, 15) is 0 Å². The van der Waals surface area contributed by atoms with E-state index in [0.29, 0.717) is 5.41 Å². The van der Waals surface area contributed by atoms with Crippen LogP contribution in [-0.2, 0) is 12.0 Å². The Hall–Kier alpha value is -0.380. The first kappa shape index (κ1) is 12.6. The zero-order chi connectivity index (χ0) is 12.8. The van der Waals surface area contributed by atoms with Crippen molar-refractivity contribution >= 4 is 11.3 Å². The van der Waals surface area contributed by atoms with E-state index >= 15 is 0 Å². The first-order chi connectivity index (χ1) is 8.52. The molecular formula is C15H24N2S. The summed E-state index contributed by atoms with van der Waals surface area (Å²) in [5, 5.41) is 3.51. The number of hydrogen-bond acceptors (Lipinski definition) is 3. The van der Waals surface area contributed by atoms with Crippen LogP contribution in [0.15, 0.2) is 12.1 Å². The van der Waals surface area contributed by atoms with Gasteiger partial charge in [0.2, 0.25) is 0 Å². The van der Waals surface area contributed by atoms with Gasteiger partial charge in [0.05, 0.1) is 0 Å². The molecule has 0 radical (unpaired) electrons. The van der Waals surface area contributed by atoms with Crippen LogP contribution in [0.25, 0.3) is 0 Å². The van der Waals surface area contributed by atoms with Crippen LogP contribution in [0.4, 0.5) is 0 Å². The van der Waals surface area contributed by atoms with Crippen molar-refractivity contribution in [3.63, 3.8) is 0 Å². The maximum absolute atomic E-state index is 3.51. The molecular weight excluding hydrogens is 240 g/mol. The van der Waals surface area contributed by atoms with Gasteiger partial charge in [0.15, 0.2) is 0 Å². The summed E-state index contributed by atoms with van der Waals surface area (Å²) < 4.78 is 0. The number of fused-ring (bicyclic) bond motifs is 1. The van der Waals surface area contributed by atoms with E-state index in [0.717, 1.165) is 18.4 Å². The van der Waals surface area contributed by atoms with Gasteiger partial charge < -0.3 is 5.32 Å². The van der Waals surface area contributed by atoms with Gasteiger partial charge in [-0.25, -0.2) is 0 Å². The lowest BCUT2D eigenvalue weighted by atomic mass is 9.95. The Balaban J connectivity index is 1.62. The lowest BCUT2D eigenvalue weighted by molar-refractivity contribution is 0.308. The molecule has 1 N–H and O–H groups in total. The molecule has 2 aliphatic rings. The molecule has 3 heterocycles. The summed E-state index contributed by atoms with van der Waals surface area (Å²) in [5.74, 6) is 1.82. The fourth-order valence-corrected chi connectivity index (χ4v) is 4.28. The maximum Gasteiger partial charge on any atom is 0.0328 e. The number of likely N-dealkylation sites (tertiary alicyclic amines) is 1. The third kappa shape index (κ3) is 2.49. The van der Waals surface area contributed by atoms with Gasteiger partial charge in [0, 0.05) is 29.4 Å². The van der Waals surface area contributed by atoms with Gasteiger partial charge in [0.25, 0.3) is 0 Å². The van der Waals surface area contributed by atoms with Crippen molar-refractivity contribution in [2.24, 2.45) is 11.8 Å². The monoisotopic (exact) mass is 264 g/mol. The molecule has 0 aliphatic carbocycles. The lowest BCUT2D eigenvalue weighted by Gasteiger charge is -2.17. The molecule has 2 fully saturated rings. The fraction of sp³-hybridized carbons (Fsp3) is 0.733. The molecule has 2 saturated heterocycles. The molecule has 2 nitrogen and oxygen atoms in total. The van der Waals surface area contributed by atoms with Crippen molar-refractivity contribution in [2.45, 2.75) is 32.7 Å². The Morgan fingerprint density at radius 2 is 1.89 bits per heavy atom. The highest BCUT2D eigenvalue weighted by Gasteiger charge is 2.35. The smallest absolute Gasteiger partial charge is 0.0328 e. The van der Waals surface area contributed by atoms with Gasteiger partial charge >= 0.3 is 0 Å². The van der Waals surface area contributed by atoms with Crippen molar-refractivity contribution in [2.75, 3.05) is 26.2 Å². The zero-order valence-electron chi connectivity index (χ0n) is 11.7. The fourth-order valence-electron chi connectivity index (χ4n) is 3.17. The van der Waals surface area contributed by atoms with Crippen molar-refractivity contribution < 1.29 is 0 Å². The summed E-state index contributed by atoms with van der Waals surface area (Å²) >= 11 is 2.00. The maximum atomic E-state index is 3.51. The van der Waals surface area contributed by atoms with E-state index in [-0.39, 0.29) is 0 Å². The second-order valence-corrected chi connectivity index (χ2v) is 8.06. The van der Waals surface area contributed by atoms with Crippen LogP contribution in [0, 0.1) is 11.8 Å². The van der Waals surface area contributed by atoms with E-state index in [1.807, 2.05) is 11.3 Å². The van der Waals surface area contributed by atoms with Gasteiger partial charge in [-0.3, -0.25) is 4.90 Å². The number of hydrogen-bond donors (Lipinski definition) is 1. The molecule has 2 atom stereocenters. The van der Waals surface area contributed by atoms with Crippen molar-refractivity contribution in [3.05, 3.63) is 21.9 Å². The summed E-state index contributed by atoms with van der Waals surface area (Å²) in [6, 6.07) is 4.65. The van der Waals surface area contributed by atoms with Crippen molar-refractivity contribution in [1.29, 1.82) is 0 Å². The van der Waals surface area contributed by atoms with Gasteiger partial charge in [-0.05, 0) is 42.5 Å². The van der Waals surface area contributed by atoms with E-state index in [2.05, 4.69) is 43.1 Å². The molecule has 1 aromatic heterocycles. The molecule has 3 rings (SSSR count). The third-order valence-electron chi connectivity index (χ3n) is 4.25. The zero-order valence-corrected chi connectivity index (χ0v) is 12.5. The van der Waals surface area contributed by atoms with Crippen LogP contribution >= 0.6 is 11.3 Å². The highest BCUT2D eigenvalue weighted by atomic mass is 32.1. The average molecular weight is 264 g/mol. The Kier molecular flexibility index (Phi) is 3.25. The molecule has 100 valence electrons. The van der Waals surface area contributed by atoms with Gasteiger partial charge in [-0.1, -0.05) is 20.8 Å². The summed E-state index contributed by atoms with van der Waals surface area (Å²) in [7, 11) is 0. The van der Waals surface area contributed by atoms with Crippen LogP contribution in [0.2, 0.25) is 0 Å². The first-order valence-corrected chi connectivity index (χ1v) is 7.86. The Labute approximate surface area is 114 Å². The number of thiophene rings is 1. The van der Waals surface area contributed by atoms with Gasteiger partial charge in [-0.2, -0.15) is 0 Å². The summed E-state index contributed by atoms with van der Waals surface area (Å²) in [4.78, 5) is 5.69. The van der Waals surface area contributed by atoms with Crippen LogP contribution < -0.4 is 5.32 Å². The van der Waals surface area contributed by atoms with Gasteiger partial charge in [0.1, 0.15) is 0 Å². The van der Waals surface area contributed by atoms with Crippen LogP contribution in [0.1, 0.15) is 30.5 Å². The minimum Gasteiger partial charge on any atom is -0.316 e. The SMILES string of the molecule is CC(C)(C)c1ccc(CN2CC3CNCC3C2)s1. The molecule has 0 amide bonds. The molecule has 0 aromatic carbocycles. The van der Waals surface area contributed by atoms with Gasteiger partial charge in [-0.15, -0.1) is 11.3 Å². The Morgan fingerprint density at radius 3 is 2.44 bits per heavy atom. The molecule has 0 saturated carbocycles. The van der Waals surface area contributed by atoms with Crippen LogP contribution in [0.5, 0.6) is 0 Å². The van der Waals surface area contributed by atoms with Crippen molar-refractivity contribution in [3.8, 4) is 0 Å². The van der Waals surface area contributed by atoms with Crippen LogP contribution in [-0.4, -0.2) is 31.1 Å². The Bertz CT molecular complexity index is 406. The molecule has 0 bridgehead atoms. The molecule has 3 heteroatoms. The predicted molar refractivity (Wildman–Crippen MR) is 78.1 cm³/mol. The predicted octanol–water partition coefficient (Wildman–Crippen LogP) is 2.70. The van der Waals surface area contributed by atoms with Crippen LogP contribution in [0.3, 0.4) is 0 Å². The topological polar surface area (TPSA) is 15.3 Å². The molecule has 0 spiro atoms. The minimum absolute atomic E-state index is 0.300. The second-order valence-electron chi connectivity index (χ2n) is 6.89. The number of nitrogens with one attached hydrogen (secondary N) is 1. The molecule has 2 aliphatic heterocycles. The largest absolute Gasteiger partial charge is 0.316 e. The lowest BCUT2D eigenvalue weighted by Crippen LogP contribution is -2.25. The molecule has 1 aromatic rings. The third-order valence-corrected chi connectivity index (χ3v) is 5.74. The summed E-state index contributed by atoms with van der Waals surface area (Å²) in [6.07, 6.45) is 0.